The van der Waals surface area contributed by atoms with Crippen LogP contribution in [-0.2, 0) is 0 Å². The van der Waals surface area contributed by atoms with Crippen LogP contribution in [0.15, 0.2) is 35.8 Å². The minimum Gasteiger partial charge on any atom is -0.382 e. The molecule has 0 aliphatic rings. The number of pyridine rings is 1. The first-order valence-corrected chi connectivity index (χ1v) is 8.99. The summed E-state index contributed by atoms with van der Waals surface area (Å²) in [4.78, 5) is 9.40. The van der Waals surface area contributed by atoms with Crippen molar-refractivity contribution in [2.75, 3.05) is 5.73 Å². The second-order valence-corrected chi connectivity index (χ2v) is 7.80. The molecule has 1 heterocycles. The molecule has 0 amide bonds. The molecule has 134 valence electrons. The van der Waals surface area contributed by atoms with Gasteiger partial charge in [0.05, 0.1) is 5.52 Å². The molecular weight excluding hydrogens is 306 g/mol. The van der Waals surface area contributed by atoms with Crippen LogP contribution in [0, 0.1) is 25.2 Å². The molecule has 2 aromatic rings. The van der Waals surface area contributed by atoms with Gasteiger partial charge in [-0.3, -0.25) is 4.99 Å². The van der Waals surface area contributed by atoms with Crippen LogP contribution in [0.1, 0.15) is 51.7 Å². The maximum absolute atomic E-state index is 6.21. The van der Waals surface area contributed by atoms with E-state index in [1.165, 1.54) is 5.56 Å². The van der Waals surface area contributed by atoms with E-state index >= 15 is 0 Å². The molecule has 0 saturated carbocycles. The van der Waals surface area contributed by atoms with Gasteiger partial charge >= 0.3 is 0 Å². The summed E-state index contributed by atoms with van der Waals surface area (Å²) in [6.45, 7) is 17.0. The number of nitrogens with zero attached hydrogens (tertiary/aromatic N) is 2. The Morgan fingerprint density at radius 2 is 2.04 bits per heavy atom. The van der Waals surface area contributed by atoms with Crippen molar-refractivity contribution in [3.63, 3.8) is 0 Å². The van der Waals surface area contributed by atoms with Crippen molar-refractivity contribution in [1.82, 2.24) is 4.98 Å². The molecule has 0 aliphatic carbocycles. The van der Waals surface area contributed by atoms with Crippen LogP contribution in [0.25, 0.3) is 10.9 Å². The number of hydrogen-bond acceptors (Lipinski definition) is 3. The molecule has 0 saturated heterocycles. The number of aryl methyl sites for hydroxylation is 2. The Morgan fingerprint density at radius 3 is 2.68 bits per heavy atom. The number of aromatic nitrogens is 1. The molecule has 2 N–H and O–H groups in total. The molecule has 1 unspecified atom stereocenters. The largest absolute Gasteiger partial charge is 0.382 e. The van der Waals surface area contributed by atoms with Gasteiger partial charge in [0.15, 0.2) is 0 Å². The van der Waals surface area contributed by atoms with Crippen LogP contribution in [-0.4, -0.2) is 10.7 Å². The molecule has 0 spiro atoms. The molecule has 0 fully saturated rings. The van der Waals surface area contributed by atoms with Gasteiger partial charge in [0.1, 0.15) is 11.5 Å². The third kappa shape index (κ3) is 4.09. The Morgan fingerprint density at radius 1 is 1.36 bits per heavy atom. The summed E-state index contributed by atoms with van der Waals surface area (Å²) in [6, 6.07) is 6.12. The lowest BCUT2D eigenvalue weighted by molar-refractivity contribution is 0.259. The fourth-order valence-corrected chi connectivity index (χ4v) is 3.16. The van der Waals surface area contributed by atoms with E-state index in [4.69, 9.17) is 10.7 Å². The van der Waals surface area contributed by atoms with Crippen LogP contribution in [0.4, 0.5) is 11.5 Å². The van der Waals surface area contributed by atoms with Gasteiger partial charge in [-0.05, 0) is 62.1 Å². The van der Waals surface area contributed by atoms with E-state index in [-0.39, 0.29) is 5.41 Å². The van der Waals surface area contributed by atoms with Crippen molar-refractivity contribution in [3.05, 3.63) is 42.0 Å². The summed E-state index contributed by atoms with van der Waals surface area (Å²) in [5.41, 5.74) is 11.6. The van der Waals surface area contributed by atoms with Gasteiger partial charge < -0.3 is 5.73 Å². The number of benzene rings is 1. The fourth-order valence-electron chi connectivity index (χ4n) is 3.16. The smallest absolute Gasteiger partial charge is 0.150 e. The lowest BCUT2D eigenvalue weighted by Gasteiger charge is -2.29. The van der Waals surface area contributed by atoms with Crippen LogP contribution < -0.4 is 5.73 Å². The van der Waals surface area contributed by atoms with Gasteiger partial charge in [0.2, 0.25) is 0 Å². The SMILES string of the molecule is C=CC(C)C(C)(C)CCC(C)=Nc1c(N)nc2cccc(C)c2c1C. The van der Waals surface area contributed by atoms with Crippen LogP contribution in [0.5, 0.6) is 0 Å². The molecule has 0 aliphatic heterocycles. The Labute approximate surface area is 152 Å². The molecule has 1 aromatic heterocycles. The standard InChI is InChI=1S/C22H31N3/c1-8-15(3)22(6,7)13-12-16(4)24-20-17(5)19-14(2)10-9-11-18(19)25-21(20)23/h8-11,15H,1,12-13H2,2-7H3,(H2,23,25). The number of aliphatic imine (C=N–C) groups is 1. The monoisotopic (exact) mass is 337 g/mol. The molecule has 1 atom stereocenters. The number of anilines is 1. The number of fused-ring (bicyclic) bond motifs is 1. The highest BCUT2D eigenvalue weighted by molar-refractivity contribution is 5.94. The van der Waals surface area contributed by atoms with E-state index in [2.05, 4.69) is 59.2 Å². The third-order valence-corrected chi connectivity index (χ3v) is 5.48. The first-order valence-electron chi connectivity index (χ1n) is 8.99. The van der Waals surface area contributed by atoms with Crippen molar-refractivity contribution >= 4 is 28.1 Å². The van der Waals surface area contributed by atoms with Crippen molar-refractivity contribution in [2.45, 2.75) is 54.4 Å². The normalized spacial score (nSPS) is 13.9. The van der Waals surface area contributed by atoms with Crippen molar-refractivity contribution in [2.24, 2.45) is 16.3 Å². The van der Waals surface area contributed by atoms with E-state index in [9.17, 15) is 0 Å². The van der Waals surface area contributed by atoms with E-state index in [0.717, 1.165) is 40.7 Å². The quantitative estimate of drug-likeness (QED) is 0.507. The Kier molecular flexibility index (Phi) is 5.66. The number of nitrogen functional groups attached to an aromatic ring is 1. The number of allylic oxidation sites excluding steroid dienone is 1. The van der Waals surface area contributed by atoms with E-state index in [0.29, 0.717) is 11.7 Å². The summed E-state index contributed by atoms with van der Waals surface area (Å²) in [6.07, 6.45) is 4.04. The number of nitrogens with two attached hydrogens (primary N) is 1. The van der Waals surface area contributed by atoms with Gasteiger partial charge in [0, 0.05) is 11.1 Å². The highest BCUT2D eigenvalue weighted by Crippen LogP contribution is 2.35. The zero-order chi connectivity index (χ0) is 18.8. The van der Waals surface area contributed by atoms with Crippen molar-refractivity contribution < 1.29 is 0 Å². The highest BCUT2D eigenvalue weighted by atomic mass is 14.9. The van der Waals surface area contributed by atoms with Crippen molar-refractivity contribution in [1.29, 1.82) is 0 Å². The Balaban J connectivity index is 2.34. The van der Waals surface area contributed by atoms with Gasteiger partial charge in [-0.15, -0.1) is 6.58 Å². The summed E-state index contributed by atoms with van der Waals surface area (Å²) < 4.78 is 0. The number of hydrogen-bond donors (Lipinski definition) is 1. The average Bonchev–Trinajstić information content (AvgIpc) is 2.55. The third-order valence-electron chi connectivity index (χ3n) is 5.48. The molecule has 0 bridgehead atoms. The maximum atomic E-state index is 6.21. The molecular formula is C22H31N3. The highest BCUT2D eigenvalue weighted by Gasteiger charge is 2.23. The fraction of sp³-hybridized carbons (Fsp3) is 0.455. The van der Waals surface area contributed by atoms with Gasteiger partial charge in [-0.2, -0.15) is 0 Å². The molecule has 1 aromatic carbocycles. The first kappa shape index (κ1) is 19.2. The zero-order valence-corrected chi connectivity index (χ0v) is 16.5. The zero-order valence-electron chi connectivity index (χ0n) is 16.5. The van der Waals surface area contributed by atoms with Gasteiger partial charge in [-0.1, -0.05) is 39.0 Å². The Bertz CT molecular complexity index is 816. The topological polar surface area (TPSA) is 51.3 Å². The minimum atomic E-state index is 0.206. The van der Waals surface area contributed by atoms with Gasteiger partial charge in [0.25, 0.3) is 0 Å². The molecule has 3 nitrogen and oxygen atoms in total. The maximum Gasteiger partial charge on any atom is 0.150 e. The average molecular weight is 338 g/mol. The molecule has 3 heteroatoms. The molecule has 25 heavy (non-hydrogen) atoms. The summed E-state index contributed by atoms with van der Waals surface area (Å²) in [5, 5.41) is 1.16. The first-order chi connectivity index (χ1) is 11.7. The molecule has 2 rings (SSSR count). The second-order valence-electron chi connectivity index (χ2n) is 7.80. The van der Waals surface area contributed by atoms with Crippen LogP contribution in [0.3, 0.4) is 0 Å². The summed E-state index contributed by atoms with van der Waals surface area (Å²) >= 11 is 0. The van der Waals surface area contributed by atoms with Crippen molar-refractivity contribution in [3.8, 4) is 0 Å². The predicted molar refractivity (Wildman–Crippen MR) is 111 cm³/mol. The van der Waals surface area contributed by atoms with E-state index in [1.807, 2.05) is 18.2 Å². The van der Waals surface area contributed by atoms with Gasteiger partial charge in [-0.25, -0.2) is 4.98 Å². The van der Waals surface area contributed by atoms with E-state index < -0.39 is 0 Å². The number of rotatable bonds is 6. The van der Waals surface area contributed by atoms with Crippen LogP contribution in [0.2, 0.25) is 0 Å². The van der Waals surface area contributed by atoms with Crippen LogP contribution >= 0.6 is 0 Å². The second kappa shape index (κ2) is 7.38. The summed E-state index contributed by atoms with van der Waals surface area (Å²) in [7, 11) is 0. The summed E-state index contributed by atoms with van der Waals surface area (Å²) in [5.74, 6) is 0.978. The lowest BCUT2D eigenvalue weighted by atomic mass is 9.76. The predicted octanol–water partition coefficient (Wildman–Crippen LogP) is 6.15. The molecule has 0 radical (unpaired) electrons. The Hall–Kier alpha value is -2.16. The van der Waals surface area contributed by atoms with E-state index in [1.54, 1.807) is 0 Å². The lowest BCUT2D eigenvalue weighted by Crippen LogP contribution is -2.20. The minimum absolute atomic E-state index is 0.206.